The van der Waals surface area contributed by atoms with Crippen molar-refractivity contribution in [3.05, 3.63) is 64.7 Å². The quantitative estimate of drug-likeness (QED) is 0.729. The van der Waals surface area contributed by atoms with E-state index in [0.29, 0.717) is 0 Å². The van der Waals surface area contributed by atoms with Crippen LogP contribution in [0.25, 0.3) is 6.08 Å². The maximum Gasteiger partial charge on any atom is 0.0487 e. The molecule has 1 heteroatoms. The van der Waals surface area contributed by atoms with E-state index in [-0.39, 0.29) is 0 Å². The number of allylic oxidation sites excluding steroid dienone is 1. The maximum absolute atomic E-state index is 2.48. The summed E-state index contributed by atoms with van der Waals surface area (Å²) in [7, 11) is 0. The summed E-state index contributed by atoms with van der Waals surface area (Å²) in [5.41, 5.74) is 8.34. The van der Waals surface area contributed by atoms with Crippen LogP contribution in [0.5, 0.6) is 0 Å². The van der Waals surface area contributed by atoms with Gasteiger partial charge in [-0.05, 0) is 49.9 Å². The molecule has 21 heavy (non-hydrogen) atoms. The van der Waals surface area contributed by atoms with E-state index in [4.69, 9.17) is 0 Å². The van der Waals surface area contributed by atoms with Gasteiger partial charge in [-0.2, -0.15) is 0 Å². The summed E-state index contributed by atoms with van der Waals surface area (Å²) in [5.74, 6) is 0. The van der Waals surface area contributed by atoms with Gasteiger partial charge in [0.2, 0.25) is 0 Å². The molecule has 1 aliphatic heterocycles. The van der Waals surface area contributed by atoms with E-state index in [2.05, 4.69) is 74.2 Å². The first-order chi connectivity index (χ1) is 10.2. The van der Waals surface area contributed by atoms with Crippen LogP contribution in [0.4, 0.5) is 11.4 Å². The molecule has 0 bridgehead atoms. The molecule has 1 nitrogen and oxygen atoms in total. The van der Waals surface area contributed by atoms with Gasteiger partial charge in [0.25, 0.3) is 0 Å². The van der Waals surface area contributed by atoms with Crippen LogP contribution in [-0.4, -0.2) is 6.54 Å². The van der Waals surface area contributed by atoms with Crippen LogP contribution in [0.1, 0.15) is 37.5 Å². The fourth-order valence-corrected chi connectivity index (χ4v) is 3.19. The van der Waals surface area contributed by atoms with Gasteiger partial charge < -0.3 is 4.90 Å². The molecule has 0 amide bonds. The Morgan fingerprint density at radius 1 is 1.05 bits per heavy atom. The first-order valence-electron chi connectivity index (χ1n) is 7.83. The molecule has 2 aromatic rings. The smallest absolute Gasteiger partial charge is 0.0487 e. The normalized spacial score (nSPS) is 13.2. The molecule has 0 saturated heterocycles. The van der Waals surface area contributed by atoms with E-state index in [0.717, 1.165) is 19.4 Å². The fraction of sp³-hybridized carbons (Fsp3) is 0.300. The van der Waals surface area contributed by atoms with Crippen LogP contribution in [0.3, 0.4) is 0 Å². The first-order valence-corrected chi connectivity index (χ1v) is 7.83. The van der Waals surface area contributed by atoms with E-state index in [1.54, 1.807) is 0 Å². The molecule has 0 atom stereocenters. The third-order valence-corrected chi connectivity index (χ3v) is 4.17. The SMILES string of the molecule is CCc1cccc(N2CCc3ccccc32)c1C=C(C)C. The molecular weight excluding hydrogens is 254 g/mol. The van der Waals surface area contributed by atoms with Crippen LogP contribution in [0.15, 0.2) is 48.0 Å². The summed E-state index contributed by atoms with van der Waals surface area (Å²) >= 11 is 0. The number of para-hydroxylation sites is 1. The highest BCUT2D eigenvalue weighted by Gasteiger charge is 2.22. The van der Waals surface area contributed by atoms with Crippen LogP contribution >= 0.6 is 0 Å². The zero-order valence-corrected chi connectivity index (χ0v) is 13.2. The summed E-state index contributed by atoms with van der Waals surface area (Å²) < 4.78 is 0. The molecule has 0 unspecified atom stereocenters. The molecule has 1 heterocycles. The third-order valence-electron chi connectivity index (χ3n) is 4.17. The van der Waals surface area contributed by atoms with E-state index in [9.17, 15) is 0 Å². The standard InChI is InChI=1S/C20H23N/c1-4-16-9-7-11-20(18(16)14-15(2)3)21-13-12-17-8-5-6-10-19(17)21/h5-11,14H,4,12-13H2,1-3H3. The zero-order valence-electron chi connectivity index (χ0n) is 13.2. The lowest BCUT2D eigenvalue weighted by Gasteiger charge is -2.23. The largest absolute Gasteiger partial charge is 0.340 e. The van der Waals surface area contributed by atoms with Crippen LogP contribution in [-0.2, 0) is 12.8 Å². The highest BCUT2D eigenvalue weighted by Crippen LogP contribution is 2.38. The second kappa shape index (κ2) is 5.77. The number of fused-ring (bicyclic) bond motifs is 1. The minimum Gasteiger partial charge on any atom is -0.340 e. The third kappa shape index (κ3) is 2.61. The van der Waals surface area contributed by atoms with E-state index >= 15 is 0 Å². The van der Waals surface area contributed by atoms with Crippen LogP contribution in [0, 0.1) is 0 Å². The Labute approximate surface area is 127 Å². The summed E-state index contributed by atoms with van der Waals surface area (Å²) in [6.07, 6.45) is 4.54. The Morgan fingerprint density at radius 3 is 2.57 bits per heavy atom. The molecule has 0 fully saturated rings. The molecule has 0 aliphatic carbocycles. The van der Waals surface area contributed by atoms with Gasteiger partial charge in [-0.15, -0.1) is 0 Å². The van der Waals surface area contributed by atoms with Crippen molar-refractivity contribution >= 4 is 17.5 Å². The summed E-state index contributed by atoms with van der Waals surface area (Å²) in [4.78, 5) is 2.48. The van der Waals surface area contributed by atoms with Crippen molar-refractivity contribution < 1.29 is 0 Å². The van der Waals surface area contributed by atoms with Crippen molar-refractivity contribution in [1.82, 2.24) is 0 Å². The average molecular weight is 277 g/mol. The molecule has 0 spiro atoms. The number of rotatable bonds is 3. The van der Waals surface area contributed by atoms with Gasteiger partial charge in [0, 0.05) is 23.5 Å². The Balaban J connectivity index is 2.14. The summed E-state index contributed by atoms with van der Waals surface area (Å²) in [6.45, 7) is 7.66. The number of hydrogen-bond acceptors (Lipinski definition) is 1. The number of nitrogens with zero attached hydrogens (tertiary/aromatic N) is 1. The minimum atomic E-state index is 1.07. The average Bonchev–Trinajstić information content (AvgIpc) is 2.91. The molecule has 108 valence electrons. The Morgan fingerprint density at radius 2 is 1.81 bits per heavy atom. The first kappa shape index (κ1) is 13.9. The molecular formula is C20H23N. The predicted octanol–water partition coefficient (Wildman–Crippen LogP) is 5.37. The highest BCUT2D eigenvalue weighted by atomic mass is 15.2. The monoisotopic (exact) mass is 277 g/mol. The van der Waals surface area contributed by atoms with E-state index in [1.165, 1.54) is 33.6 Å². The Hall–Kier alpha value is -2.02. The van der Waals surface area contributed by atoms with Crippen molar-refractivity contribution in [3.8, 4) is 0 Å². The number of benzene rings is 2. The number of anilines is 2. The molecule has 0 saturated carbocycles. The van der Waals surface area contributed by atoms with Gasteiger partial charge in [0.15, 0.2) is 0 Å². The number of aryl methyl sites for hydroxylation is 1. The second-order valence-corrected chi connectivity index (χ2v) is 5.96. The van der Waals surface area contributed by atoms with Gasteiger partial charge in [0.05, 0.1) is 0 Å². The van der Waals surface area contributed by atoms with Crippen LogP contribution in [0.2, 0.25) is 0 Å². The van der Waals surface area contributed by atoms with Gasteiger partial charge >= 0.3 is 0 Å². The molecule has 0 aromatic heterocycles. The lowest BCUT2D eigenvalue weighted by Crippen LogP contribution is -2.15. The molecule has 3 rings (SSSR count). The minimum absolute atomic E-state index is 1.07. The topological polar surface area (TPSA) is 3.24 Å². The zero-order chi connectivity index (χ0) is 14.8. The lowest BCUT2D eigenvalue weighted by molar-refractivity contribution is 0.992. The van der Waals surface area contributed by atoms with Crippen molar-refractivity contribution in [3.63, 3.8) is 0 Å². The number of hydrogen-bond donors (Lipinski definition) is 0. The fourth-order valence-electron chi connectivity index (χ4n) is 3.19. The predicted molar refractivity (Wildman–Crippen MR) is 92.3 cm³/mol. The molecule has 1 aliphatic rings. The van der Waals surface area contributed by atoms with Gasteiger partial charge in [0.1, 0.15) is 0 Å². The van der Waals surface area contributed by atoms with Gasteiger partial charge in [-0.3, -0.25) is 0 Å². The summed E-state index contributed by atoms with van der Waals surface area (Å²) in [5, 5.41) is 0. The van der Waals surface area contributed by atoms with E-state index < -0.39 is 0 Å². The van der Waals surface area contributed by atoms with Gasteiger partial charge in [-0.1, -0.05) is 48.9 Å². The Bertz CT molecular complexity index is 678. The maximum atomic E-state index is 2.48. The second-order valence-electron chi connectivity index (χ2n) is 5.96. The van der Waals surface area contributed by atoms with Crippen molar-refractivity contribution in [2.75, 3.05) is 11.4 Å². The van der Waals surface area contributed by atoms with Crippen molar-refractivity contribution in [2.24, 2.45) is 0 Å². The van der Waals surface area contributed by atoms with Crippen molar-refractivity contribution in [1.29, 1.82) is 0 Å². The highest BCUT2D eigenvalue weighted by molar-refractivity contribution is 5.79. The van der Waals surface area contributed by atoms with E-state index in [1.807, 2.05) is 0 Å². The Kier molecular flexibility index (Phi) is 3.83. The molecule has 0 radical (unpaired) electrons. The van der Waals surface area contributed by atoms with Crippen LogP contribution < -0.4 is 4.90 Å². The summed E-state index contributed by atoms with van der Waals surface area (Å²) in [6, 6.07) is 15.5. The lowest BCUT2D eigenvalue weighted by atomic mass is 10.00. The molecule has 2 aromatic carbocycles. The molecule has 0 N–H and O–H groups in total. The van der Waals surface area contributed by atoms with Crippen molar-refractivity contribution in [2.45, 2.75) is 33.6 Å². The van der Waals surface area contributed by atoms with Gasteiger partial charge in [-0.25, -0.2) is 0 Å².